The lowest BCUT2D eigenvalue weighted by Gasteiger charge is -2.58. The van der Waals surface area contributed by atoms with Crippen LogP contribution >= 0.6 is 0 Å². The average Bonchev–Trinajstić information content (AvgIpc) is 4.15. The van der Waals surface area contributed by atoms with Crippen molar-refractivity contribution in [3.8, 4) is 23.3 Å². The predicted molar refractivity (Wildman–Crippen MR) is 308 cm³/mol. The number of ether oxygens (including phenoxy) is 6. The van der Waals surface area contributed by atoms with Crippen molar-refractivity contribution in [3.05, 3.63) is 112 Å². The van der Waals surface area contributed by atoms with Crippen LogP contribution in [0, 0.1) is 21.4 Å². The number of para-hydroxylation sites is 1. The molecule has 22 nitrogen and oxygen atoms in total. The molecule has 10 heterocycles. The first-order valence-electron chi connectivity index (χ1n) is 29.3. The van der Waals surface area contributed by atoms with Crippen molar-refractivity contribution < 1.29 is 46.6 Å². The third-order valence-electron chi connectivity index (χ3n) is 18.7. The van der Waals surface area contributed by atoms with E-state index in [1.165, 1.54) is 11.6 Å². The van der Waals surface area contributed by atoms with Gasteiger partial charge < -0.3 is 48.5 Å². The lowest BCUT2D eigenvalue weighted by molar-refractivity contribution is -0.384. The largest absolute Gasteiger partial charge is 0.491 e. The van der Waals surface area contributed by atoms with Crippen LogP contribution in [0.1, 0.15) is 98.8 Å². The minimum atomic E-state index is -4.72. The van der Waals surface area contributed by atoms with Crippen molar-refractivity contribution in [2.24, 2.45) is 11.3 Å². The highest BCUT2D eigenvalue weighted by Crippen LogP contribution is 2.55. The maximum Gasteiger partial charge on any atom is 0.297 e. The number of anilines is 4. The summed E-state index contributed by atoms with van der Waals surface area (Å²) in [6.45, 7) is 11.1. The van der Waals surface area contributed by atoms with E-state index in [1.807, 2.05) is 36.7 Å². The van der Waals surface area contributed by atoms with E-state index >= 15 is 0 Å². The molecule has 436 valence electrons. The molecule has 3 aromatic carbocycles. The molecular weight excluding hydrogens is 1080 g/mol. The van der Waals surface area contributed by atoms with Gasteiger partial charge in [0.2, 0.25) is 11.8 Å². The summed E-state index contributed by atoms with van der Waals surface area (Å²) in [5.41, 5.74) is 4.78. The molecule has 83 heavy (non-hydrogen) atoms. The second-order valence-electron chi connectivity index (χ2n) is 23.8. The number of pyridine rings is 1. The molecule has 1 aliphatic carbocycles. The fourth-order valence-electron chi connectivity index (χ4n) is 14.4. The number of aromatic nitrogens is 4. The number of rotatable bonds is 12. The van der Waals surface area contributed by atoms with E-state index in [9.17, 15) is 23.3 Å². The molecular formula is C60H69N11O11S. The highest BCUT2D eigenvalue weighted by Gasteiger charge is 2.51. The number of piperazine rings is 1. The second kappa shape index (κ2) is 21.7. The van der Waals surface area contributed by atoms with Gasteiger partial charge in [-0.15, -0.1) is 0 Å². The summed E-state index contributed by atoms with van der Waals surface area (Å²) < 4.78 is 67.9. The van der Waals surface area contributed by atoms with Crippen LogP contribution < -0.4 is 38.8 Å². The summed E-state index contributed by atoms with van der Waals surface area (Å²) in [5.74, 6) is 1.24. The van der Waals surface area contributed by atoms with Gasteiger partial charge in [0.1, 0.15) is 36.1 Å². The first-order valence-corrected chi connectivity index (χ1v) is 30.8. The number of carbonyl (C=O) groups is 1. The molecule has 5 fully saturated rings. The van der Waals surface area contributed by atoms with Gasteiger partial charge in [-0.1, -0.05) is 18.2 Å². The zero-order valence-corrected chi connectivity index (χ0v) is 47.4. The van der Waals surface area contributed by atoms with Crippen molar-refractivity contribution in [2.75, 3.05) is 87.5 Å². The van der Waals surface area contributed by atoms with E-state index in [2.05, 4.69) is 82.7 Å². The van der Waals surface area contributed by atoms with Gasteiger partial charge in [0.05, 0.1) is 58.5 Å². The molecule has 0 bridgehead atoms. The third-order valence-corrected chi connectivity index (χ3v) is 20.0. The van der Waals surface area contributed by atoms with Crippen LogP contribution in [0.5, 0.6) is 23.3 Å². The minimum Gasteiger partial charge on any atom is -0.491 e. The number of hydrogen-bond donors (Lipinski definition) is 3. The van der Waals surface area contributed by atoms with Crippen LogP contribution in [0.15, 0.2) is 90.3 Å². The number of sulfonamides is 1. The Balaban J connectivity index is 0.740. The van der Waals surface area contributed by atoms with E-state index < -0.39 is 37.5 Å². The number of amides is 1. The smallest absolute Gasteiger partial charge is 0.297 e. The number of nitro benzene ring substituents is 1. The number of nitrogens with one attached hydrogen (secondary N) is 3. The lowest BCUT2D eigenvalue weighted by atomic mass is 9.59. The Labute approximate surface area is 481 Å². The van der Waals surface area contributed by atoms with Crippen LogP contribution in [0.25, 0.3) is 11.0 Å². The number of aromatic amines is 1. The summed E-state index contributed by atoms with van der Waals surface area (Å²) in [6, 6.07) is 20.4. The van der Waals surface area contributed by atoms with Crippen molar-refractivity contribution in [1.29, 1.82) is 0 Å². The zero-order chi connectivity index (χ0) is 56.6. The highest BCUT2D eigenvalue weighted by atomic mass is 32.2. The van der Waals surface area contributed by atoms with Gasteiger partial charge in [-0.3, -0.25) is 24.7 Å². The molecule has 7 aliphatic heterocycles. The molecule has 5 atom stereocenters. The zero-order valence-electron chi connectivity index (χ0n) is 46.6. The summed E-state index contributed by atoms with van der Waals surface area (Å²) in [5, 5.41) is 16.7. The maximum atomic E-state index is 15.0. The SMILES string of the molecule is CC(C)Oc1ccccc1[C@@H]1CN([C@@H]2CCOc3ncncc32)CCN1C1CC2(CCN(c3ccc(C(=O)NS(=O)(=O)c4cc5c(c([N+](=O)[O-])c4)N[C@H](C4CCOCC4)CO5)c(N4c5cc6cc[nH]c6nc5O[C@H]5COCC[C@@H]54)c3)CC2)C1. The van der Waals surface area contributed by atoms with E-state index in [1.54, 1.807) is 12.4 Å². The number of H-pyrrole nitrogens is 1. The monoisotopic (exact) mass is 1150 g/mol. The maximum absolute atomic E-state index is 15.0. The summed E-state index contributed by atoms with van der Waals surface area (Å²) in [4.78, 5) is 53.2. The Morgan fingerprint density at radius 2 is 1.71 bits per heavy atom. The number of nitro groups is 1. The number of hydrogen-bond acceptors (Lipinski definition) is 19. The topological polar surface area (TPSA) is 241 Å². The quantitative estimate of drug-likeness (QED) is 0.0774. The van der Waals surface area contributed by atoms with Crippen molar-refractivity contribution in [2.45, 2.75) is 113 Å². The molecule has 3 aromatic heterocycles. The third kappa shape index (κ3) is 10.1. The Bertz CT molecular complexity index is 3560. The summed E-state index contributed by atoms with van der Waals surface area (Å²) in [7, 11) is -4.72. The van der Waals surface area contributed by atoms with Crippen LogP contribution in [0.4, 0.5) is 28.4 Å². The van der Waals surface area contributed by atoms with Gasteiger partial charge in [0, 0.05) is 118 Å². The molecule has 14 rings (SSSR count). The molecule has 1 spiro atoms. The Morgan fingerprint density at radius 3 is 2.54 bits per heavy atom. The van der Waals surface area contributed by atoms with E-state index in [0.717, 1.165) is 106 Å². The van der Waals surface area contributed by atoms with E-state index in [4.69, 9.17) is 33.4 Å². The van der Waals surface area contributed by atoms with Crippen LogP contribution in [0.3, 0.4) is 0 Å². The van der Waals surface area contributed by atoms with Crippen LogP contribution in [-0.4, -0.2) is 152 Å². The van der Waals surface area contributed by atoms with Crippen molar-refractivity contribution >= 4 is 55.4 Å². The van der Waals surface area contributed by atoms with Gasteiger partial charge in [-0.05, 0) is 107 Å². The first-order chi connectivity index (χ1) is 40.3. The molecule has 3 N–H and O–H groups in total. The number of fused-ring (bicyclic) bond motifs is 5. The number of piperidine rings is 1. The highest BCUT2D eigenvalue weighted by molar-refractivity contribution is 7.90. The fraction of sp³-hybridized carbons (Fsp3) is 0.500. The van der Waals surface area contributed by atoms with Gasteiger partial charge in [0.15, 0.2) is 11.4 Å². The second-order valence-corrected chi connectivity index (χ2v) is 25.5. The molecule has 0 unspecified atom stereocenters. The number of benzene rings is 3. The molecule has 8 aliphatic rings. The molecule has 0 radical (unpaired) electrons. The van der Waals surface area contributed by atoms with Gasteiger partial charge in [-0.25, -0.2) is 23.1 Å². The first kappa shape index (κ1) is 53.7. The van der Waals surface area contributed by atoms with Crippen molar-refractivity contribution in [1.82, 2.24) is 34.5 Å². The molecule has 6 aromatic rings. The number of nitrogens with zero attached hydrogens (tertiary/aromatic N) is 8. The van der Waals surface area contributed by atoms with Gasteiger partial charge in [0.25, 0.3) is 21.6 Å². The van der Waals surface area contributed by atoms with E-state index in [0.29, 0.717) is 67.7 Å². The van der Waals surface area contributed by atoms with Gasteiger partial charge >= 0.3 is 0 Å². The normalized spacial score (nSPS) is 24.7. The molecule has 1 saturated carbocycles. The molecule has 4 saturated heterocycles. The predicted octanol–water partition coefficient (Wildman–Crippen LogP) is 8.09. The standard InChI is InChI=1S/C60H69N11O11S/c1-36(2)81-52-6-4-3-5-42(52)51-32-68(46-13-24-79-58-44(46)31-61-35-63-58)19-20-69(51)40-29-60(30-40)14-17-67(18-15-60)39-7-8-43(48(26-39)70-47-12-23-78-34-54(47)82-59-50(70)25-38-9-16-62-56(38)65-59)57(72)66-83(75,76)41-27-49(71(73)74)55-53(28-41)80-33-45(64-55)37-10-21-77-22-11-37/h3-9,16,25-28,31,35-37,40,45-47,51,54,64H,10-15,17-24,29-30,32-34H2,1-2H3,(H,62,65)(H,66,72)/t45-,46+,47-,51-,54-/m0/s1. The number of carbonyl (C=O) groups excluding carboxylic acids is 1. The lowest BCUT2D eigenvalue weighted by Crippen LogP contribution is -2.60. The van der Waals surface area contributed by atoms with Gasteiger partial charge in [-0.2, -0.15) is 4.98 Å². The Kier molecular flexibility index (Phi) is 14.0. The fourth-order valence-corrected chi connectivity index (χ4v) is 15.4. The average molecular weight is 1150 g/mol. The summed E-state index contributed by atoms with van der Waals surface area (Å²) >= 11 is 0. The van der Waals surface area contributed by atoms with E-state index in [-0.39, 0.29) is 71.8 Å². The minimum absolute atomic E-state index is 0.0225. The Hall–Kier alpha value is -7.31. The molecule has 1 amide bonds. The van der Waals surface area contributed by atoms with Crippen LogP contribution in [-0.2, 0) is 19.5 Å². The van der Waals surface area contributed by atoms with Crippen molar-refractivity contribution in [3.63, 3.8) is 0 Å². The molecule has 23 heteroatoms. The Morgan fingerprint density at radius 1 is 0.880 bits per heavy atom. The van der Waals surface area contributed by atoms with Crippen LogP contribution in [0.2, 0.25) is 0 Å². The summed E-state index contributed by atoms with van der Waals surface area (Å²) in [6.07, 6.45) is 11.9.